The van der Waals surface area contributed by atoms with E-state index in [9.17, 15) is 0 Å². The Morgan fingerprint density at radius 3 is 2.29 bits per heavy atom. The van der Waals surface area contributed by atoms with Crippen LogP contribution in [0.15, 0.2) is 83.8 Å². The molecule has 6 aromatic rings. The fraction of sp³-hybridized carbons (Fsp3) is 0.0400. The van der Waals surface area contributed by atoms with Gasteiger partial charge in [0.05, 0.1) is 16.6 Å². The van der Waals surface area contributed by atoms with Crippen LogP contribution in [0.4, 0.5) is 0 Å². The van der Waals surface area contributed by atoms with Crippen molar-refractivity contribution in [3.8, 4) is 11.1 Å². The molecule has 6 rings (SSSR count). The van der Waals surface area contributed by atoms with E-state index in [0.717, 1.165) is 5.02 Å². The molecule has 0 saturated heterocycles. The molecule has 0 spiro atoms. The Labute approximate surface area is 171 Å². The second-order valence-electron chi connectivity index (χ2n) is 7.13. The van der Waals surface area contributed by atoms with E-state index in [-0.39, 0.29) is 0 Å². The molecule has 0 bridgehead atoms. The maximum atomic E-state index is 6.33. The van der Waals surface area contributed by atoms with E-state index >= 15 is 0 Å². The Kier molecular flexibility index (Phi) is 3.44. The molecule has 0 amide bonds. The predicted octanol–water partition coefficient (Wildman–Crippen LogP) is 7.88. The number of nitrogens with zero attached hydrogens (tertiary/aromatic N) is 1. The zero-order valence-electron chi connectivity index (χ0n) is 15.2. The van der Waals surface area contributed by atoms with Crippen LogP contribution in [0.5, 0.6) is 0 Å². The van der Waals surface area contributed by atoms with E-state index in [0.29, 0.717) is 0 Å². The number of fused-ring (bicyclic) bond motifs is 6. The Morgan fingerprint density at radius 1 is 0.714 bits per heavy atom. The number of aromatic nitrogens is 1. The summed E-state index contributed by atoms with van der Waals surface area (Å²) in [5.41, 5.74) is 6.21. The highest BCUT2D eigenvalue weighted by atomic mass is 35.5. The van der Waals surface area contributed by atoms with E-state index < -0.39 is 0 Å². The van der Waals surface area contributed by atoms with Gasteiger partial charge in [0.25, 0.3) is 0 Å². The SMILES string of the molecule is CSc1ccc(Cl)cc1-c1ccc2c3cccc4c5ccccc5n(c2c1)c43. The summed E-state index contributed by atoms with van der Waals surface area (Å²) < 4.78 is 2.42. The minimum absolute atomic E-state index is 0.769. The van der Waals surface area contributed by atoms with Gasteiger partial charge < -0.3 is 4.40 Å². The van der Waals surface area contributed by atoms with Gasteiger partial charge in [-0.1, -0.05) is 60.1 Å². The molecule has 3 heteroatoms. The zero-order chi connectivity index (χ0) is 18.8. The average molecular weight is 398 g/mol. The lowest BCUT2D eigenvalue weighted by atomic mass is 10.0. The maximum Gasteiger partial charge on any atom is 0.0620 e. The van der Waals surface area contributed by atoms with Gasteiger partial charge in [0.15, 0.2) is 0 Å². The second-order valence-corrected chi connectivity index (χ2v) is 8.42. The first-order valence-corrected chi connectivity index (χ1v) is 10.9. The average Bonchev–Trinajstić information content (AvgIpc) is 3.25. The van der Waals surface area contributed by atoms with Gasteiger partial charge in [-0.05, 0) is 47.7 Å². The van der Waals surface area contributed by atoms with Crippen LogP contribution >= 0.6 is 23.4 Å². The molecule has 0 radical (unpaired) electrons. The van der Waals surface area contributed by atoms with Crippen LogP contribution in [0.2, 0.25) is 5.02 Å². The lowest BCUT2D eigenvalue weighted by Crippen LogP contribution is -1.85. The summed E-state index contributed by atoms with van der Waals surface area (Å²) in [7, 11) is 0. The minimum atomic E-state index is 0.769. The number of para-hydroxylation sites is 2. The quantitative estimate of drug-likeness (QED) is 0.269. The number of halogens is 1. The lowest BCUT2D eigenvalue weighted by Gasteiger charge is -2.09. The zero-order valence-corrected chi connectivity index (χ0v) is 16.8. The van der Waals surface area contributed by atoms with E-state index in [2.05, 4.69) is 83.5 Å². The lowest BCUT2D eigenvalue weighted by molar-refractivity contribution is 1.37. The Balaban J connectivity index is 1.78. The molecule has 2 aromatic heterocycles. The summed E-state index contributed by atoms with van der Waals surface area (Å²) in [5, 5.41) is 6.00. The summed E-state index contributed by atoms with van der Waals surface area (Å²) in [4.78, 5) is 1.24. The third-order valence-electron chi connectivity index (χ3n) is 5.70. The van der Waals surface area contributed by atoms with Crippen LogP contribution in [0.3, 0.4) is 0 Å². The van der Waals surface area contributed by atoms with Crippen LogP contribution in [0, 0.1) is 0 Å². The van der Waals surface area contributed by atoms with E-state index in [4.69, 9.17) is 11.6 Å². The van der Waals surface area contributed by atoms with Gasteiger partial charge in [-0.2, -0.15) is 0 Å². The molecule has 0 aliphatic heterocycles. The second kappa shape index (κ2) is 5.91. The molecule has 0 atom stereocenters. The van der Waals surface area contributed by atoms with Crippen molar-refractivity contribution in [1.29, 1.82) is 0 Å². The predicted molar refractivity (Wildman–Crippen MR) is 123 cm³/mol. The molecular weight excluding hydrogens is 382 g/mol. The molecule has 134 valence electrons. The molecule has 2 heterocycles. The van der Waals surface area contributed by atoms with Crippen molar-refractivity contribution in [2.45, 2.75) is 4.90 Å². The molecule has 0 unspecified atom stereocenters. The van der Waals surface area contributed by atoms with Gasteiger partial charge in [0.2, 0.25) is 0 Å². The van der Waals surface area contributed by atoms with Crippen molar-refractivity contribution in [2.24, 2.45) is 0 Å². The van der Waals surface area contributed by atoms with Gasteiger partial charge in [-0.25, -0.2) is 0 Å². The van der Waals surface area contributed by atoms with Crippen molar-refractivity contribution >= 4 is 61.5 Å². The van der Waals surface area contributed by atoms with Gasteiger partial charge in [0, 0.05) is 31.5 Å². The summed E-state index contributed by atoms with van der Waals surface area (Å²) in [5.74, 6) is 0. The molecule has 0 fully saturated rings. The number of hydrogen-bond donors (Lipinski definition) is 0. The topological polar surface area (TPSA) is 4.41 Å². The maximum absolute atomic E-state index is 6.33. The van der Waals surface area contributed by atoms with Gasteiger partial charge in [0.1, 0.15) is 0 Å². The molecule has 0 saturated carbocycles. The van der Waals surface area contributed by atoms with E-state index in [1.54, 1.807) is 11.8 Å². The van der Waals surface area contributed by atoms with E-state index in [1.807, 2.05) is 6.07 Å². The van der Waals surface area contributed by atoms with Gasteiger partial charge in [-0.15, -0.1) is 11.8 Å². The third-order valence-corrected chi connectivity index (χ3v) is 6.73. The first-order valence-electron chi connectivity index (χ1n) is 9.27. The van der Waals surface area contributed by atoms with Crippen LogP contribution in [-0.4, -0.2) is 10.7 Å². The van der Waals surface area contributed by atoms with Crippen molar-refractivity contribution in [3.05, 3.63) is 83.9 Å². The fourth-order valence-electron chi connectivity index (χ4n) is 4.50. The Morgan fingerprint density at radius 2 is 1.46 bits per heavy atom. The molecule has 1 nitrogen and oxygen atoms in total. The van der Waals surface area contributed by atoms with Crippen LogP contribution in [-0.2, 0) is 0 Å². The highest BCUT2D eigenvalue weighted by Crippen LogP contribution is 2.41. The molecule has 28 heavy (non-hydrogen) atoms. The van der Waals surface area contributed by atoms with Crippen molar-refractivity contribution < 1.29 is 0 Å². The molecule has 0 aliphatic carbocycles. The van der Waals surface area contributed by atoms with Crippen molar-refractivity contribution in [2.75, 3.05) is 6.26 Å². The number of hydrogen-bond acceptors (Lipinski definition) is 1. The third kappa shape index (κ3) is 2.10. The summed E-state index contributed by atoms with van der Waals surface area (Å²) in [6.45, 7) is 0. The smallest absolute Gasteiger partial charge is 0.0620 e. The summed E-state index contributed by atoms with van der Waals surface area (Å²) >= 11 is 8.08. The standard InChI is InChI=1S/C25H16ClNS/c1-28-24-12-10-16(26)14-21(24)15-9-11-18-20-7-4-6-19-17-5-2-3-8-22(17)27(25(19)20)23(18)13-15/h2-14H,1H3. The van der Waals surface area contributed by atoms with E-state index in [1.165, 1.54) is 54.1 Å². The first kappa shape index (κ1) is 16.3. The largest absolute Gasteiger partial charge is 0.308 e. The van der Waals surface area contributed by atoms with Crippen LogP contribution < -0.4 is 0 Å². The number of rotatable bonds is 2. The van der Waals surface area contributed by atoms with Crippen LogP contribution in [0.1, 0.15) is 0 Å². The first-order chi connectivity index (χ1) is 13.8. The molecule has 4 aromatic carbocycles. The van der Waals surface area contributed by atoms with Crippen LogP contribution in [0.25, 0.3) is 49.2 Å². The fourth-order valence-corrected chi connectivity index (χ4v) is 5.28. The highest BCUT2D eigenvalue weighted by molar-refractivity contribution is 7.98. The minimum Gasteiger partial charge on any atom is -0.308 e. The Hall–Kier alpha value is -2.68. The monoisotopic (exact) mass is 397 g/mol. The number of thioether (sulfide) groups is 1. The Bertz CT molecular complexity index is 1510. The molecular formula is C25H16ClNS. The normalized spacial score (nSPS) is 12.1. The van der Waals surface area contributed by atoms with Gasteiger partial charge >= 0.3 is 0 Å². The highest BCUT2D eigenvalue weighted by Gasteiger charge is 2.17. The summed E-state index contributed by atoms with van der Waals surface area (Å²) in [6.07, 6.45) is 2.11. The summed E-state index contributed by atoms with van der Waals surface area (Å²) in [6, 6.07) is 28.2. The van der Waals surface area contributed by atoms with Crippen molar-refractivity contribution in [3.63, 3.8) is 0 Å². The van der Waals surface area contributed by atoms with Crippen molar-refractivity contribution in [1.82, 2.24) is 4.40 Å². The van der Waals surface area contributed by atoms with Gasteiger partial charge in [-0.3, -0.25) is 0 Å². The molecule has 0 aliphatic rings. The number of benzene rings is 4. The molecule has 0 N–H and O–H groups in total.